The molecule has 1 aliphatic carbocycles. The summed E-state index contributed by atoms with van der Waals surface area (Å²) in [5.74, 6) is 0.927. The number of anilines is 1. The standard InChI is InChI=1S/C23H29ClN4O2/c1-15-5-4-10-25-22(15)17-13-21(26-14-18(17)24)28-11-8-16(9-12-28)23(30)27-19-6-2-3-7-20(19)29/h4-5,10,13-14,16,19-20,29H,2-3,6-9,11-12H2,1H3,(H,27,30)/t19-,20-/m1/s1. The average molecular weight is 429 g/mol. The predicted molar refractivity (Wildman–Crippen MR) is 119 cm³/mol. The molecule has 1 saturated carbocycles. The summed E-state index contributed by atoms with van der Waals surface area (Å²) in [5, 5.41) is 13.8. The van der Waals surface area contributed by atoms with Crippen LogP contribution in [0.1, 0.15) is 44.1 Å². The van der Waals surface area contributed by atoms with Crippen molar-refractivity contribution in [2.75, 3.05) is 18.0 Å². The minimum absolute atomic E-state index is 0.0137. The van der Waals surface area contributed by atoms with Crippen molar-refractivity contribution in [2.45, 2.75) is 57.6 Å². The van der Waals surface area contributed by atoms with E-state index in [1.807, 2.05) is 25.1 Å². The van der Waals surface area contributed by atoms with Crippen LogP contribution in [-0.2, 0) is 4.79 Å². The third kappa shape index (κ3) is 4.60. The van der Waals surface area contributed by atoms with Gasteiger partial charge in [-0.2, -0.15) is 0 Å². The van der Waals surface area contributed by atoms with E-state index >= 15 is 0 Å². The highest BCUT2D eigenvalue weighted by Gasteiger charge is 2.30. The van der Waals surface area contributed by atoms with E-state index in [9.17, 15) is 9.90 Å². The number of carbonyl (C=O) groups is 1. The maximum atomic E-state index is 12.7. The number of halogens is 1. The molecule has 2 aliphatic rings. The molecule has 2 aromatic rings. The second-order valence-electron chi connectivity index (χ2n) is 8.42. The summed E-state index contributed by atoms with van der Waals surface area (Å²) in [7, 11) is 0. The van der Waals surface area contributed by atoms with E-state index in [0.29, 0.717) is 5.02 Å². The summed E-state index contributed by atoms with van der Waals surface area (Å²) in [6, 6.07) is 5.84. The molecular formula is C23H29ClN4O2. The number of aromatic nitrogens is 2. The first-order valence-corrected chi connectivity index (χ1v) is 11.2. The zero-order valence-electron chi connectivity index (χ0n) is 17.4. The monoisotopic (exact) mass is 428 g/mol. The first kappa shape index (κ1) is 21.1. The smallest absolute Gasteiger partial charge is 0.223 e. The lowest BCUT2D eigenvalue weighted by Gasteiger charge is -2.34. The summed E-state index contributed by atoms with van der Waals surface area (Å²) in [5.41, 5.74) is 2.81. The number of nitrogens with one attached hydrogen (secondary N) is 1. The predicted octanol–water partition coefficient (Wildman–Crippen LogP) is 3.74. The Balaban J connectivity index is 1.40. The number of nitrogens with zero attached hydrogens (tertiary/aromatic N) is 3. The van der Waals surface area contributed by atoms with Gasteiger partial charge in [-0.25, -0.2) is 4.98 Å². The lowest BCUT2D eigenvalue weighted by molar-refractivity contribution is -0.127. The van der Waals surface area contributed by atoms with Gasteiger partial charge >= 0.3 is 0 Å². The van der Waals surface area contributed by atoms with Crippen LogP contribution in [0.25, 0.3) is 11.3 Å². The zero-order chi connectivity index (χ0) is 21.1. The molecule has 160 valence electrons. The van der Waals surface area contributed by atoms with Gasteiger partial charge in [-0.1, -0.05) is 30.5 Å². The van der Waals surface area contributed by atoms with E-state index < -0.39 is 6.10 Å². The first-order valence-electron chi connectivity index (χ1n) is 10.8. The van der Waals surface area contributed by atoms with Gasteiger partial charge < -0.3 is 15.3 Å². The Morgan fingerprint density at radius 3 is 2.70 bits per heavy atom. The summed E-state index contributed by atoms with van der Waals surface area (Å²) < 4.78 is 0. The van der Waals surface area contributed by atoms with Crippen molar-refractivity contribution < 1.29 is 9.90 Å². The normalized spacial score (nSPS) is 22.7. The minimum Gasteiger partial charge on any atom is -0.391 e. The molecule has 0 spiro atoms. The van der Waals surface area contributed by atoms with Crippen molar-refractivity contribution in [1.29, 1.82) is 0 Å². The SMILES string of the molecule is Cc1cccnc1-c1cc(N2CCC(C(=O)N[C@@H]3CCCC[C@H]3O)CC2)ncc1Cl. The highest BCUT2D eigenvalue weighted by molar-refractivity contribution is 6.33. The van der Waals surface area contributed by atoms with Gasteiger partial charge in [-0.05, 0) is 50.3 Å². The molecular weight excluding hydrogens is 400 g/mol. The Kier molecular flexibility index (Phi) is 6.54. The number of rotatable bonds is 4. The van der Waals surface area contributed by atoms with Crippen LogP contribution in [0.2, 0.25) is 5.02 Å². The fourth-order valence-electron chi connectivity index (χ4n) is 4.50. The van der Waals surface area contributed by atoms with Crippen LogP contribution in [0.15, 0.2) is 30.6 Å². The second kappa shape index (κ2) is 9.31. The Morgan fingerprint density at radius 1 is 1.20 bits per heavy atom. The van der Waals surface area contributed by atoms with E-state index in [2.05, 4.69) is 20.2 Å². The molecule has 1 amide bonds. The Labute approximate surface area is 182 Å². The van der Waals surface area contributed by atoms with Crippen molar-refractivity contribution in [2.24, 2.45) is 5.92 Å². The van der Waals surface area contributed by atoms with Gasteiger partial charge in [0, 0.05) is 37.0 Å². The van der Waals surface area contributed by atoms with Crippen molar-refractivity contribution in [1.82, 2.24) is 15.3 Å². The van der Waals surface area contributed by atoms with Gasteiger partial charge in [0.2, 0.25) is 5.91 Å². The second-order valence-corrected chi connectivity index (χ2v) is 8.83. The van der Waals surface area contributed by atoms with E-state index in [0.717, 1.165) is 74.3 Å². The number of piperidine rings is 1. The van der Waals surface area contributed by atoms with Gasteiger partial charge in [0.1, 0.15) is 5.82 Å². The van der Waals surface area contributed by atoms with Crippen molar-refractivity contribution in [3.63, 3.8) is 0 Å². The summed E-state index contributed by atoms with van der Waals surface area (Å²) >= 11 is 6.42. The third-order valence-corrected chi connectivity index (χ3v) is 6.65. The Morgan fingerprint density at radius 2 is 1.97 bits per heavy atom. The molecule has 1 saturated heterocycles. The van der Waals surface area contributed by atoms with Gasteiger partial charge in [0.25, 0.3) is 0 Å². The van der Waals surface area contributed by atoms with E-state index in [4.69, 9.17) is 11.6 Å². The van der Waals surface area contributed by atoms with Crippen LogP contribution in [0.3, 0.4) is 0 Å². The molecule has 0 bridgehead atoms. The van der Waals surface area contributed by atoms with Crippen LogP contribution in [0, 0.1) is 12.8 Å². The number of aliphatic hydroxyl groups is 1. The molecule has 2 aromatic heterocycles. The molecule has 30 heavy (non-hydrogen) atoms. The lowest BCUT2D eigenvalue weighted by Crippen LogP contribution is -2.49. The number of pyridine rings is 2. The van der Waals surface area contributed by atoms with Gasteiger partial charge in [-0.3, -0.25) is 9.78 Å². The molecule has 0 radical (unpaired) electrons. The quantitative estimate of drug-likeness (QED) is 0.775. The van der Waals surface area contributed by atoms with Crippen LogP contribution in [-0.4, -0.2) is 46.2 Å². The molecule has 2 atom stereocenters. The molecule has 0 aromatic carbocycles. The summed E-state index contributed by atoms with van der Waals surface area (Å²) in [6.45, 7) is 3.55. The highest BCUT2D eigenvalue weighted by Crippen LogP contribution is 2.32. The van der Waals surface area contributed by atoms with Crippen molar-refractivity contribution >= 4 is 23.3 Å². The molecule has 2 fully saturated rings. The molecule has 4 rings (SSSR count). The lowest BCUT2D eigenvalue weighted by atomic mass is 9.90. The van der Waals surface area contributed by atoms with Crippen molar-refractivity contribution in [3.05, 3.63) is 41.2 Å². The third-order valence-electron chi connectivity index (χ3n) is 6.35. The average Bonchev–Trinajstić information content (AvgIpc) is 2.76. The maximum Gasteiger partial charge on any atom is 0.223 e. The highest BCUT2D eigenvalue weighted by atomic mass is 35.5. The van der Waals surface area contributed by atoms with Gasteiger partial charge in [0.15, 0.2) is 0 Å². The van der Waals surface area contributed by atoms with Crippen LogP contribution >= 0.6 is 11.6 Å². The topological polar surface area (TPSA) is 78.4 Å². The van der Waals surface area contributed by atoms with Crippen molar-refractivity contribution in [3.8, 4) is 11.3 Å². The Bertz CT molecular complexity index is 899. The molecule has 7 heteroatoms. The first-order chi connectivity index (χ1) is 14.5. The number of carbonyl (C=O) groups excluding carboxylic acids is 1. The van der Waals surface area contributed by atoms with Gasteiger partial charge in [0.05, 0.1) is 22.9 Å². The summed E-state index contributed by atoms with van der Waals surface area (Å²) in [4.78, 5) is 23.9. The van der Waals surface area contributed by atoms with E-state index in [1.165, 1.54) is 0 Å². The number of aryl methyl sites for hydroxylation is 1. The van der Waals surface area contributed by atoms with Crippen LogP contribution in [0.5, 0.6) is 0 Å². The fourth-order valence-corrected chi connectivity index (χ4v) is 4.69. The number of hydrogen-bond acceptors (Lipinski definition) is 5. The van der Waals surface area contributed by atoms with Gasteiger partial charge in [-0.15, -0.1) is 0 Å². The van der Waals surface area contributed by atoms with E-state index in [-0.39, 0.29) is 17.9 Å². The van der Waals surface area contributed by atoms with Crippen LogP contribution in [0.4, 0.5) is 5.82 Å². The zero-order valence-corrected chi connectivity index (χ0v) is 18.1. The van der Waals surface area contributed by atoms with E-state index in [1.54, 1.807) is 12.4 Å². The number of aliphatic hydroxyl groups excluding tert-OH is 1. The molecule has 3 heterocycles. The molecule has 1 aliphatic heterocycles. The number of hydrogen-bond donors (Lipinski definition) is 2. The molecule has 0 unspecified atom stereocenters. The molecule has 2 N–H and O–H groups in total. The van der Waals surface area contributed by atoms with Crippen LogP contribution < -0.4 is 10.2 Å². The minimum atomic E-state index is -0.408. The Hall–Kier alpha value is -2.18. The number of amides is 1. The molecule has 6 nitrogen and oxygen atoms in total. The summed E-state index contributed by atoms with van der Waals surface area (Å²) in [6.07, 6.45) is 8.36. The maximum absolute atomic E-state index is 12.7. The fraction of sp³-hybridized carbons (Fsp3) is 0.522. The largest absolute Gasteiger partial charge is 0.391 e.